The Kier molecular flexibility index (Phi) is 5.16. The highest BCUT2D eigenvalue weighted by molar-refractivity contribution is 5.84. The molecule has 1 amide bonds. The van der Waals surface area contributed by atoms with Gasteiger partial charge < -0.3 is 11.1 Å². The third-order valence-electron chi connectivity index (χ3n) is 2.79. The Bertz CT molecular complexity index is 447. The van der Waals surface area contributed by atoms with E-state index in [9.17, 15) is 18.0 Å². The smallest absolute Gasteiger partial charge is 0.355 e. The van der Waals surface area contributed by atoms with E-state index in [0.717, 1.165) is 17.7 Å². The third kappa shape index (κ3) is 5.21. The highest BCUT2D eigenvalue weighted by atomic mass is 19.4. The number of benzene rings is 1. The van der Waals surface area contributed by atoms with Crippen LogP contribution in [-0.4, -0.2) is 18.0 Å². The molecule has 0 heterocycles. The summed E-state index contributed by atoms with van der Waals surface area (Å²) in [6, 6.07) is 5.04. The van der Waals surface area contributed by atoms with E-state index in [2.05, 4.69) is 5.32 Å². The third-order valence-corrected chi connectivity index (χ3v) is 2.79. The van der Waals surface area contributed by atoms with Gasteiger partial charge >= 0.3 is 6.18 Å². The highest BCUT2D eigenvalue weighted by Gasteiger charge is 2.29. The topological polar surface area (TPSA) is 55.1 Å². The van der Waals surface area contributed by atoms with E-state index in [1.807, 2.05) is 0 Å². The molecule has 112 valence electrons. The number of amides is 1. The van der Waals surface area contributed by atoms with Crippen molar-refractivity contribution in [1.29, 1.82) is 0 Å². The average molecular weight is 288 g/mol. The number of carbonyl (C=O) groups is 1. The van der Waals surface area contributed by atoms with Crippen molar-refractivity contribution in [2.75, 3.05) is 6.54 Å². The van der Waals surface area contributed by atoms with E-state index < -0.39 is 17.3 Å². The number of halogens is 3. The highest BCUT2D eigenvalue weighted by Crippen LogP contribution is 2.29. The van der Waals surface area contributed by atoms with Crippen LogP contribution in [0, 0.1) is 0 Å². The monoisotopic (exact) mass is 288 g/mol. The molecule has 0 fully saturated rings. The summed E-state index contributed by atoms with van der Waals surface area (Å²) in [4.78, 5) is 11.5. The van der Waals surface area contributed by atoms with E-state index in [0.29, 0.717) is 19.4 Å². The molecule has 0 saturated carbocycles. The lowest BCUT2D eigenvalue weighted by molar-refractivity contribution is -0.137. The number of rotatable bonds is 5. The van der Waals surface area contributed by atoms with Crippen LogP contribution in [0.2, 0.25) is 0 Å². The van der Waals surface area contributed by atoms with Crippen LogP contribution in [0.3, 0.4) is 0 Å². The lowest BCUT2D eigenvalue weighted by Gasteiger charge is -2.17. The van der Waals surface area contributed by atoms with Gasteiger partial charge in [0.05, 0.1) is 11.1 Å². The molecule has 0 aliphatic carbocycles. The van der Waals surface area contributed by atoms with Gasteiger partial charge in [-0.05, 0) is 44.4 Å². The number of hydrogen-bond acceptors (Lipinski definition) is 2. The maximum absolute atomic E-state index is 12.4. The van der Waals surface area contributed by atoms with Crippen molar-refractivity contribution >= 4 is 5.91 Å². The lowest BCUT2D eigenvalue weighted by Crippen LogP contribution is -2.49. The van der Waals surface area contributed by atoms with E-state index in [-0.39, 0.29) is 5.91 Å². The number of aryl methyl sites for hydroxylation is 1. The van der Waals surface area contributed by atoms with Gasteiger partial charge in [0, 0.05) is 6.54 Å². The van der Waals surface area contributed by atoms with Crippen LogP contribution in [0.1, 0.15) is 31.4 Å². The summed E-state index contributed by atoms with van der Waals surface area (Å²) in [5.41, 5.74) is 4.84. The maximum atomic E-state index is 12.4. The number of hydrogen-bond donors (Lipinski definition) is 2. The van der Waals surface area contributed by atoms with Gasteiger partial charge in [0.1, 0.15) is 0 Å². The molecule has 1 aromatic rings. The van der Waals surface area contributed by atoms with Gasteiger partial charge in [0.2, 0.25) is 5.91 Å². The van der Waals surface area contributed by atoms with Gasteiger partial charge in [0.15, 0.2) is 0 Å². The predicted octanol–water partition coefficient (Wildman–Crippen LogP) is 2.49. The van der Waals surface area contributed by atoms with Crippen LogP contribution in [-0.2, 0) is 17.4 Å². The van der Waals surface area contributed by atoms with Crippen LogP contribution < -0.4 is 11.1 Å². The molecule has 1 rings (SSSR count). The van der Waals surface area contributed by atoms with Gasteiger partial charge in [-0.2, -0.15) is 13.2 Å². The zero-order valence-corrected chi connectivity index (χ0v) is 11.6. The van der Waals surface area contributed by atoms with E-state index in [1.165, 1.54) is 12.1 Å². The molecule has 0 radical (unpaired) electrons. The summed E-state index contributed by atoms with van der Waals surface area (Å²) in [6.07, 6.45) is -3.06. The van der Waals surface area contributed by atoms with Crippen molar-refractivity contribution in [1.82, 2.24) is 5.32 Å². The second-order valence-electron chi connectivity index (χ2n) is 5.28. The first-order chi connectivity index (χ1) is 9.10. The molecule has 0 atom stereocenters. The fraction of sp³-hybridized carbons (Fsp3) is 0.500. The van der Waals surface area contributed by atoms with Crippen molar-refractivity contribution in [3.8, 4) is 0 Å². The zero-order chi connectivity index (χ0) is 15.4. The molecular weight excluding hydrogens is 269 g/mol. The minimum absolute atomic E-state index is 0.245. The summed E-state index contributed by atoms with van der Waals surface area (Å²) in [5, 5.41) is 2.68. The Balaban J connectivity index is 2.38. The summed E-state index contributed by atoms with van der Waals surface area (Å²) in [5.74, 6) is -0.245. The molecule has 3 N–H and O–H groups in total. The number of alkyl halides is 3. The molecule has 20 heavy (non-hydrogen) atoms. The molecule has 0 aliphatic heterocycles. The largest absolute Gasteiger partial charge is 0.416 e. The standard InChI is InChI=1S/C14H19F3N2O/c1-13(2,18)12(20)19-9-3-4-10-5-7-11(8-6-10)14(15,16)17/h5-8H,3-4,9,18H2,1-2H3,(H,19,20). The predicted molar refractivity (Wildman–Crippen MR) is 71.0 cm³/mol. The first-order valence-corrected chi connectivity index (χ1v) is 6.34. The van der Waals surface area contributed by atoms with Crippen molar-refractivity contribution in [3.63, 3.8) is 0 Å². The Labute approximate surface area is 116 Å². The summed E-state index contributed by atoms with van der Waals surface area (Å²) < 4.78 is 37.1. The summed E-state index contributed by atoms with van der Waals surface area (Å²) >= 11 is 0. The minimum Gasteiger partial charge on any atom is -0.355 e. The van der Waals surface area contributed by atoms with Crippen molar-refractivity contribution in [2.45, 2.75) is 38.4 Å². The fourth-order valence-electron chi connectivity index (χ4n) is 1.58. The number of nitrogens with one attached hydrogen (secondary N) is 1. The van der Waals surface area contributed by atoms with Crippen molar-refractivity contribution < 1.29 is 18.0 Å². The Hall–Kier alpha value is -1.56. The molecule has 0 unspecified atom stereocenters. The fourth-order valence-corrected chi connectivity index (χ4v) is 1.58. The second kappa shape index (κ2) is 6.26. The van der Waals surface area contributed by atoms with Crippen LogP contribution in [0.15, 0.2) is 24.3 Å². The van der Waals surface area contributed by atoms with Crippen LogP contribution >= 0.6 is 0 Å². The maximum Gasteiger partial charge on any atom is 0.416 e. The summed E-state index contributed by atoms with van der Waals surface area (Å²) in [7, 11) is 0. The molecule has 0 aromatic heterocycles. The SMILES string of the molecule is CC(C)(N)C(=O)NCCCc1ccc(C(F)(F)F)cc1. The average Bonchev–Trinajstić information content (AvgIpc) is 2.32. The molecular formula is C14H19F3N2O. The number of nitrogens with two attached hydrogens (primary N) is 1. The Morgan fingerprint density at radius 3 is 2.20 bits per heavy atom. The Morgan fingerprint density at radius 1 is 1.20 bits per heavy atom. The van der Waals surface area contributed by atoms with Crippen LogP contribution in [0.25, 0.3) is 0 Å². The van der Waals surface area contributed by atoms with Crippen molar-refractivity contribution in [3.05, 3.63) is 35.4 Å². The van der Waals surface area contributed by atoms with Gasteiger partial charge in [-0.3, -0.25) is 4.79 Å². The zero-order valence-electron chi connectivity index (χ0n) is 11.6. The van der Waals surface area contributed by atoms with E-state index >= 15 is 0 Å². The van der Waals surface area contributed by atoms with Gasteiger partial charge in [0.25, 0.3) is 0 Å². The minimum atomic E-state index is -4.31. The second-order valence-corrected chi connectivity index (χ2v) is 5.28. The first-order valence-electron chi connectivity index (χ1n) is 6.34. The first kappa shape index (κ1) is 16.5. The quantitative estimate of drug-likeness (QED) is 0.818. The van der Waals surface area contributed by atoms with Crippen LogP contribution in [0.5, 0.6) is 0 Å². The molecule has 0 saturated heterocycles. The molecule has 1 aromatic carbocycles. The molecule has 0 bridgehead atoms. The molecule has 3 nitrogen and oxygen atoms in total. The van der Waals surface area contributed by atoms with Crippen LogP contribution in [0.4, 0.5) is 13.2 Å². The normalized spacial score (nSPS) is 12.3. The molecule has 0 spiro atoms. The summed E-state index contributed by atoms with van der Waals surface area (Å²) in [6.45, 7) is 3.66. The van der Waals surface area contributed by atoms with Gasteiger partial charge in [-0.1, -0.05) is 12.1 Å². The number of carbonyl (C=O) groups excluding carboxylic acids is 1. The van der Waals surface area contributed by atoms with E-state index in [4.69, 9.17) is 5.73 Å². The van der Waals surface area contributed by atoms with Gasteiger partial charge in [-0.25, -0.2) is 0 Å². The van der Waals surface area contributed by atoms with Gasteiger partial charge in [-0.15, -0.1) is 0 Å². The lowest BCUT2D eigenvalue weighted by atomic mass is 10.1. The molecule has 0 aliphatic rings. The van der Waals surface area contributed by atoms with Crippen molar-refractivity contribution in [2.24, 2.45) is 5.73 Å². The van der Waals surface area contributed by atoms with E-state index in [1.54, 1.807) is 13.8 Å². The Morgan fingerprint density at radius 2 is 1.75 bits per heavy atom. The molecule has 6 heteroatoms.